The van der Waals surface area contributed by atoms with E-state index in [1.54, 1.807) is 0 Å². The molecule has 2 rings (SSSR count). The van der Waals surface area contributed by atoms with Gasteiger partial charge in [-0.1, -0.05) is 59.6 Å². The smallest absolute Gasteiger partial charge is 0.127 e. The van der Waals surface area contributed by atoms with Crippen molar-refractivity contribution in [3.63, 3.8) is 0 Å². The van der Waals surface area contributed by atoms with Gasteiger partial charge in [-0.05, 0) is 35.4 Å². The van der Waals surface area contributed by atoms with E-state index < -0.39 is 0 Å². The first-order valence-electron chi connectivity index (χ1n) is 6.88. The number of hydrogen-bond donors (Lipinski definition) is 0. The molecule has 0 aromatic heterocycles. The van der Waals surface area contributed by atoms with Crippen LogP contribution in [0.3, 0.4) is 0 Å². The van der Waals surface area contributed by atoms with Crippen LogP contribution in [-0.2, 0) is 6.42 Å². The molecule has 0 aliphatic carbocycles. The molecule has 1 aliphatic rings. The summed E-state index contributed by atoms with van der Waals surface area (Å²) in [5.74, 6) is 1.75. The van der Waals surface area contributed by atoms with Crippen molar-refractivity contribution in [3.8, 4) is 5.75 Å². The first-order chi connectivity index (χ1) is 8.79. The maximum absolute atomic E-state index is 5.82. The van der Waals surface area contributed by atoms with Gasteiger partial charge in [-0.3, -0.25) is 0 Å². The maximum Gasteiger partial charge on any atom is 0.127 e. The molecule has 1 aromatic carbocycles. The summed E-state index contributed by atoms with van der Waals surface area (Å²) in [4.78, 5) is 0.353. The molecule has 2 unspecified atom stereocenters. The molecule has 106 valence electrons. The number of fused-ring (bicyclic) bond motifs is 1. The molecule has 1 nitrogen and oxygen atoms in total. The molecule has 0 radical (unpaired) electrons. The van der Waals surface area contributed by atoms with Crippen LogP contribution < -0.4 is 4.74 Å². The molecule has 0 fully saturated rings. The quantitative estimate of drug-likeness (QED) is 0.585. The minimum Gasteiger partial charge on any atom is -0.493 e. The number of hydrogen-bond acceptors (Lipinski definition) is 1. The fourth-order valence-corrected chi connectivity index (χ4v) is 3.75. The number of halogens is 2. The van der Waals surface area contributed by atoms with Crippen molar-refractivity contribution < 1.29 is 4.74 Å². The molecular formula is C16H22Br2O. The van der Waals surface area contributed by atoms with Gasteiger partial charge >= 0.3 is 0 Å². The summed E-state index contributed by atoms with van der Waals surface area (Å²) in [7, 11) is 0. The Morgan fingerprint density at radius 3 is 2.63 bits per heavy atom. The van der Waals surface area contributed by atoms with Crippen LogP contribution in [0.2, 0.25) is 0 Å². The van der Waals surface area contributed by atoms with Gasteiger partial charge in [-0.25, -0.2) is 0 Å². The van der Waals surface area contributed by atoms with Crippen molar-refractivity contribution in [1.29, 1.82) is 0 Å². The molecular weight excluding hydrogens is 368 g/mol. The Kier molecular flexibility index (Phi) is 4.67. The second-order valence-electron chi connectivity index (χ2n) is 6.55. The highest BCUT2D eigenvalue weighted by Crippen LogP contribution is 2.44. The predicted molar refractivity (Wildman–Crippen MR) is 88.2 cm³/mol. The average molecular weight is 390 g/mol. The minimum atomic E-state index is 0.335. The van der Waals surface area contributed by atoms with Crippen LogP contribution in [0.4, 0.5) is 0 Å². The van der Waals surface area contributed by atoms with E-state index in [0.29, 0.717) is 16.2 Å². The molecule has 1 aliphatic heterocycles. The van der Waals surface area contributed by atoms with Gasteiger partial charge in [-0.15, -0.1) is 0 Å². The monoisotopic (exact) mass is 388 g/mol. The van der Waals surface area contributed by atoms with Gasteiger partial charge in [0.1, 0.15) is 5.75 Å². The molecule has 1 heterocycles. The molecule has 0 amide bonds. The van der Waals surface area contributed by atoms with Crippen LogP contribution in [0.15, 0.2) is 16.6 Å². The van der Waals surface area contributed by atoms with Crippen molar-refractivity contribution in [1.82, 2.24) is 0 Å². The Hall–Kier alpha value is -0.0200. The molecule has 0 bridgehead atoms. The lowest BCUT2D eigenvalue weighted by Gasteiger charge is -2.29. The zero-order valence-electron chi connectivity index (χ0n) is 12.1. The Labute approximate surface area is 133 Å². The topological polar surface area (TPSA) is 9.23 Å². The Morgan fingerprint density at radius 2 is 2.00 bits per heavy atom. The second kappa shape index (κ2) is 5.77. The lowest BCUT2D eigenvalue weighted by molar-refractivity contribution is 0.245. The van der Waals surface area contributed by atoms with Crippen molar-refractivity contribution in [3.05, 3.63) is 27.7 Å². The summed E-state index contributed by atoms with van der Waals surface area (Å²) in [5.41, 5.74) is 2.96. The standard InChI is InChI=1S/C16H22Br2O/c1-10(16(2,3)4)7-14(18)13-9-12(17)8-11-5-6-19-15(11)13/h8-10,14H,5-7H2,1-4H3. The lowest BCUT2D eigenvalue weighted by atomic mass is 9.79. The van der Waals surface area contributed by atoms with Gasteiger partial charge in [0, 0.05) is 21.3 Å². The van der Waals surface area contributed by atoms with E-state index >= 15 is 0 Å². The SMILES string of the molecule is CC(CC(Br)c1cc(Br)cc2c1OCC2)C(C)(C)C. The first kappa shape index (κ1) is 15.4. The maximum atomic E-state index is 5.82. The van der Waals surface area contributed by atoms with Gasteiger partial charge in [0.15, 0.2) is 0 Å². The Balaban J connectivity index is 2.22. The highest BCUT2D eigenvalue weighted by atomic mass is 79.9. The molecule has 2 atom stereocenters. The van der Waals surface area contributed by atoms with Crippen LogP contribution >= 0.6 is 31.9 Å². The highest BCUT2D eigenvalue weighted by molar-refractivity contribution is 9.10. The van der Waals surface area contributed by atoms with Crippen molar-refractivity contribution >= 4 is 31.9 Å². The largest absolute Gasteiger partial charge is 0.493 e. The van der Waals surface area contributed by atoms with Crippen molar-refractivity contribution in [2.24, 2.45) is 11.3 Å². The van der Waals surface area contributed by atoms with Crippen LogP contribution in [0.5, 0.6) is 5.75 Å². The first-order valence-corrected chi connectivity index (χ1v) is 8.59. The van der Waals surface area contributed by atoms with Gasteiger partial charge in [0.25, 0.3) is 0 Å². The molecule has 0 saturated carbocycles. The van der Waals surface area contributed by atoms with E-state index in [1.807, 2.05) is 0 Å². The molecule has 0 saturated heterocycles. The van der Waals surface area contributed by atoms with E-state index in [4.69, 9.17) is 4.74 Å². The molecule has 19 heavy (non-hydrogen) atoms. The fraction of sp³-hybridized carbons (Fsp3) is 0.625. The number of benzene rings is 1. The van der Waals surface area contributed by atoms with Gasteiger partial charge in [-0.2, -0.15) is 0 Å². The summed E-state index contributed by atoms with van der Waals surface area (Å²) < 4.78 is 6.97. The normalized spacial score (nSPS) is 17.8. The Bertz CT molecular complexity index is 463. The van der Waals surface area contributed by atoms with Gasteiger partial charge in [0.2, 0.25) is 0 Å². The van der Waals surface area contributed by atoms with Gasteiger partial charge < -0.3 is 4.74 Å². The predicted octanol–water partition coefficient (Wildman–Crippen LogP) is 5.89. The summed E-state index contributed by atoms with van der Waals surface area (Å²) >= 11 is 7.48. The zero-order chi connectivity index (χ0) is 14.2. The molecule has 0 N–H and O–H groups in total. The van der Waals surface area contributed by atoms with Crippen LogP contribution in [0, 0.1) is 11.3 Å². The van der Waals surface area contributed by atoms with E-state index in [9.17, 15) is 0 Å². The second-order valence-corrected chi connectivity index (χ2v) is 8.57. The number of ether oxygens (including phenoxy) is 1. The third-order valence-electron chi connectivity index (χ3n) is 4.15. The van der Waals surface area contributed by atoms with Crippen LogP contribution in [-0.4, -0.2) is 6.61 Å². The third kappa shape index (κ3) is 3.55. The molecule has 1 aromatic rings. The summed E-state index contributed by atoms with van der Waals surface area (Å²) in [6.45, 7) is 10.1. The Morgan fingerprint density at radius 1 is 1.32 bits per heavy atom. The van der Waals surface area contributed by atoms with E-state index in [-0.39, 0.29) is 0 Å². The van der Waals surface area contributed by atoms with E-state index in [1.165, 1.54) is 11.1 Å². The van der Waals surface area contributed by atoms with Gasteiger partial charge in [0.05, 0.1) is 6.61 Å². The zero-order valence-corrected chi connectivity index (χ0v) is 15.3. The van der Waals surface area contributed by atoms with Crippen LogP contribution in [0.1, 0.15) is 50.1 Å². The highest BCUT2D eigenvalue weighted by Gasteiger charge is 2.27. The van der Waals surface area contributed by atoms with Crippen molar-refractivity contribution in [2.75, 3.05) is 6.61 Å². The fourth-order valence-electron chi connectivity index (χ4n) is 2.32. The lowest BCUT2D eigenvalue weighted by Crippen LogP contribution is -2.18. The third-order valence-corrected chi connectivity index (χ3v) is 5.48. The number of alkyl halides is 1. The van der Waals surface area contributed by atoms with Crippen LogP contribution in [0.25, 0.3) is 0 Å². The van der Waals surface area contributed by atoms with E-state index in [2.05, 4.69) is 71.7 Å². The molecule has 0 spiro atoms. The molecule has 3 heteroatoms. The van der Waals surface area contributed by atoms with Crippen molar-refractivity contribution in [2.45, 2.75) is 45.4 Å². The average Bonchev–Trinajstić information content (AvgIpc) is 2.74. The summed E-state index contributed by atoms with van der Waals surface area (Å²) in [5, 5.41) is 0. The summed E-state index contributed by atoms with van der Waals surface area (Å²) in [6.07, 6.45) is 2.14. The summed E-state index contributed by atoms with van der Waals surface area (Å²) in [6, 6.07) is 4.37. The minimum absolute atomic E-state index is 0.335. The number of rotatable bonds is 3. The van der Waals surface area contributed by atoms with E-state index in [0.717, 1.165) is 29.7 Å².